The first kappa shape index (κ1) is 21.7. The van der Waals surface area contributed by atoms with Crippen LogP contribution in [0.1, 0.15) is 22.8 Å². The molecule has 1 unspecified atom stereocenters. The van der Waals surface area contributed by atoms with Crippen molar-refractivity contribution >= 4 is 17.3 Å². The van der Waals surface area contributed by atoms with Crippen molar-refractivity contribution in [1.82, 2.24) is 0 Å². The van der Waals surface area contributed by atoms with E-state index in [1.165, 1.54) is 19.2 Å². The summed E-state index contributed by atoms with van der Waals surface area (Å²) in [4.78, 5) is 0. The molecule has 0 fully saturated rings. The molecule has 0 radical (unpaired) electrons. The second kappa shape index (κ2) is 9.69. The number of benzene rings is 3. The number of hydrogen-bond acceptors (Lipinski definition) is 5. The summed E-state index contributed by atoms with van der Waals surface area (Å²) in [7, 11) is 4.54. The lowest BCUT2D eigenvalue weighted by atomic mass is 9.98. The molecule has 1 atom stereocenters. The highest BCUT2D eigenvalue weighted by Crippen LogP contribution is 2.37. The van der Waals surface area contributed by atoms with E-state index in [4.69, 9.17) is 25.8 Å². The fraction of sp³-hybridized carbons (Fsp3) is 0.217. The van der Waals surface area contributed by atoms with Crippen LogP contribution >= 0.6 is 11.6 Å². The SMILES string of the molecule is COc1ccc(CNc2ccc(Cl)cc2C(O)c2cccc(F)c2OC)c(OC)c1. The minimum atomic E-state index is -1.14. The normalized spacial score (nSPS) is 11.7. The largest absolute Gasteiger partial charge is 0.497 e. The molecule has 0 bridgehead atoms. The first-order valence-electron chi connectivity index (χ1n) is 9.23. The molecule has 5 nitrogen and oxygen atoms in total. The van der Waals surface area contributed by atoms with Gasteiger partial charge in [-0.3, -0.25) is 0 Å². The van der Waals surface area contributed by atoms with Gasteiger partial charge in [-0.2, -0.15) is 0 Å². The monoisotopic (exact) mass is 431 g/mol. The third-order valence-corrected chi connectivity index (χ3v) is 5.00. The first-order valence-corrected chi connectivity index (χ1v) is 9.61. The van der Waals surface area contributed by atoms with Gasteiger partial charge in [0.25, 0.3) is 0 Å². The summed E-state index contributed by atoms with van der Waals surface area (Å²) in [5.74, 6) is 0.808. The second-order valence-electron chi connectivity index (χ2n) is 6.53. The highest BCUT2D eigenvalue weighted by molar-refractivity contribution is 6.30. The summed E-state index contributed by atoms with van der Waals surface area (Å²) >= 11 is 6.17. The van der Waals surface area contributed by atoms with E-state index >= 15 is 0 Å². The molecule has 0 aliphatic heterocycles. The zero-order valence-corrected chi connectivity index (χ0v) is 17.7. The van der Waals surface area contributed by atoms with Gasteiger partial charge in [-0.05, 0) is 36.4 Å². The van der Waals surface area contributed by atoms with Gasteiger partial charge in [-0.25, -0.2) is 4.39 Å². The van der Waals surface area contributed by atoms with E-state index < -0.39 is 11.9 Å². The van der Waals surface area contributed by atoms with Crippen LogP contribution in [0.15, 0.2) is 54.6 Å². The van der Waals surface area contributed by atoms with E-state index in [0.717, 1.165) is 5.56 Å². The van der Waals surface area contributed by atoms with Crippen LogP contribution in [-0.2, 0) is 6.54 Å². The Labute approximate surface area is 180 Å². The van der Waals surface area contributed by atoms with Crippen LogP contribution in [0.2, 0.25) is 5.02 Å². The van der Waals surface area contributed by atoms with Gasteiger partial charge in [0, 0.05) is 40.0 Å². The number of rotatable bonds is 8. The van der Waals surface area contributed by atoms with Crippen molar-refractivity contribution in [2.45, 2.75) is 12.6 Å². The first-order chi connectivity index (χ1) is 14.5. The molecule has 2 N–H and O–H groups in total. The van der Waals surface area contributed by atoms with Crippen molar-refractivity contribution in [3.63, 3.8) is 0 Å². The van der Waals surface area contributed by atoms with Gasteiger partial charge in [-0.1, -0.05) is 23.7 Å². The summed E-state index contributed by atoms with van der Waals surface area (Å²) in [5, 5.41) is 14.8. The molecule has 158 valence electrons. The van der Waals surface area contributed by atoms with Crippen LogP contribution in [0.3, 0.4) is 0 Å². The van der Waals surface area contributed by atoms with Crippen molar-refractivity contribution in [3.8, 4) is 17.2 Å². The minimum absolute atomic E-state index is 0.00671. The van der Waals surface area contributed by atoms with Crippen molar-refractivity contribution in [1.29, 1.82) is 0 Å². The molecular formula is C23H23ClFNO4. The standard InChI is InChI=1S/C23H23ClFNO4/c1-28-16-9-7-14(21(12-16)29-2)13-26-20-10-8-15(24)11-18(20)22(27)17-5-4-6-19(25)23(17)30-3/h4-12,22,26-27H,13H2,1-3H3. The fourth-order valence-corrected chi connectivity index (χ4v) is 3.41. The van der Waals surface area contributed by atoms with Crippen LogP contribution < -0.4 is 19.5 Å². The van der Waals surface area contributed by atoms with E-state index in [-0.39, 0.29) is 5.75 Å². The van der Waals surface area contributed by atoms with Gasteiger partial charge < -0.3 is 24.6 Å². The van der Waals surface area contributed by atoms with Gasteiger partial charge in [0.1, 0.15) is 17.6 Å². The van der Waals surface area contributed by atoms with Gasteiger partial charge in [0.2, 0.25) is 0 Å². The summed E-state index contributed by atoms with van der Waals surface area (Å²) < 4.78 is 29.9. The molecular weight excluding hydrogens is 409 g/mol. The van der Waals surface area contributed by atoms with Crippen molar-refractivity contribution in [2.24, 2.45) is 0 Å². The van der Waals surface area contributed by atoms with Crippen molar-refractivity contribution in [2.75, 3.05) is 26.6 Å². The quantitative estimate of drug-likeness (QED) is 0.513. The van der Waals surface area contributed by atoms with Crippen LogP contribution in [0.25, 0.3) is 0 Å². The summed E-state index contributed by atoms with van der Waals surface area (Å²) in [6.45, 7) is 0.425. The molecule has 3 aromatic rings. The van der Waals surface area contributed by atoms with E-state index in [0.29, 0.717) is 39.9 Å². The van der Waals surface area contributed by atoms with Crippen LogP contribution in [-0.4, -0.2) is 26.4 Å². The third-order valence-electron chi connectivity index (χ3n) is 4.77. The molecule has 7 heteroatoms. The Morgan fingerprint density at radius 3 is 2.47 bits per heavy atom. The molecule has 0 aliphatic rings. The lowest BCUT2D eigenvalue weighted by Gasteiger charge is -2.20. The zero-order valence-electron chi connectivity index (χ0n) is 16.9. The number of aliphatic hydroxyl groups is 1. The van der Waals surface area contributed by atoms with Crippen LogP contribution in [0, 0.1) is 5.82 Å². The Morgan fingerprint density at radius 2 is 1.77 bits per heavy atom. The fourth-order valence-electron chi connectivity index (χ4n) is 3.23. The number of methoxy groups -OCH3 is 3. The topological polar surface area (TPSA) is 60.0 Å². The molecule has 0 aromatic heterocycles. The Bertz CT molecular complexity index is 1030. The maximum atomic E-state index is 14.1. The van der Waals surface area contributed by atoms with Crippen molar-refractivity contribution in [3.05, 3.63) is 82.1 Å². The van der Waals surface area contributed by atoms with Crippen LogP contribution in [0.4, 0.5) is 10.1 Å². The number of halogens is 2. The number of aliphatic hydroxyl groups excluding tert-OH is 1. The molecule has 3 aromatic carbocycles. The molecule has 0 spiro atoms. The average Bonchev–Trinajstić information content (AvgIpc) is 2.77. The predicted molar refractivity (Wildman–Crippen MR) is 115 cm³/mol. The Balaban J connectivity index is 1.92. The summed E-state index contributed by atoms with van der Waals surface area (Å²) in [6, 6.07) is 15.1. The molecule has 0 saturated carbocycles. The van der Waals surface area contributed by atoms with Gasteiger partial charge in [0.05, 0.1) is 21.3 Å². The zero-order chi connectivity index (χ0) is 21.7. The van der Waals surface area contributed by atoms with E-state index in [1.54, 1.807) is 44.6 Å². The Kier molecular flexibility index (Phi) is 7.03. The maximum Gasteiger partial charge on any atom is 0.165 e. The molecule has 0 aliphatic carbocycles. The van der Waals surface area contributed by atoms with Gasteiger partial charge in [-0.15, -0.1) is 0 Å². The number of anilines is 1. The highest BCUT2D eigenvalue weighted by atomic mass is 35.5. The van der Waals surface area contributed by atoms with Gasteiger partial charge >= 0.3 is 0 Å². The number of nitrogens with one attached hydrogen (secondary N) is 1. The average molecular weight is 432 g/mol. The highest BCUT2D eigenvalue weighted by Gasteiger charge is 2.21. The Hall–Kier alpha value is -2.96. The maximum absolute atomic E-state index is 14.1. The van der Waals surface area contributed by atoms with Crippen LogP contribution in [0.5, 0.6) is 17.2 Å². The smallest absolute Gasteiger partial charge is 0.165 e. The summed E-state index contributed by atoms with van der Waals surface area (Å²) in [6.07, 6.45) is -1.14. The molecule has 3 rings (SSSR count). The molecule has 0 heterocycles. The number of para-hydroxylation sites is 1. The second-order valence-corrected chi connectivity index (χ2v) is 6.96. The van der Waals surface area contributed by atoms with Gasteiger partial charge in [0.15, 0.2) is 11.6 Å². The number of hydrogen-bond donors (Lipinski definition) is 2. The van der Waals surface area contributed by atoms with E-state index in [2.05, 4.69) is 5.32 Å². The molecule has 30 heavy (non-hydrogen) atoms. The number of ether oxygens (including phenoxy) is 3. The van der Waals surface area contributed by atoms with E-state index in [1.807, 2.05) is 12.1 Å². The lowest BCUT2D eigenvalue weighted by molar-refractivity contribution is 0.213. The molecule has 0 amide bonds. The third kappa shape index (κ3) is 4.61. The lowest BCUT2D eigenvalue weighted by Crippen LogP contribution is -2.09. The minimum Gasteiger partial charge on any atom is -0.497 e. The summed E-state index contributed by atoms with van der Waals surface area (Å²) in [5.41, 5.74) is 2.36. The predicted octanol–water partition coefficient (Wildman–Crippen LogP) is 5.20. The molecule has 0 saturated heterocycles. The Morgan fingerprint density at radius 1 is 0.967 bits per heavy atom. The van der Waals surface area contributed by atoms with Crippen molar-refractivity contribution < 1.29 is 23.7 Å². The van der Waals surface area contributed by atoms with E-state index in [9.17, 15) is 9.50 Å².